The van der Waals surface area contributed by atoms with Crippen LogP contribution in [0.15, 0.2) is 74.4 Å². The number of hydrogen-bond acceptors (Lipinski definition) is 25. The van der Waals surface area contributed by atoms with E-state index in [4.69, 9.17) is 51.7 Å². The second-order valence-electron chi connectivity index (χ2n) is 14.2. The van der Waals surface area contributed by atoms with Crippen LogP contribution < -0.4 is 32.4 Å². The third-order valence-electron chi connectivity index (χ3n) is 9.16. The fourth-order valence-corrected chi connectivity index (χ4v) is 8.71. The van der Waals surface area contributed by atoms with Gasteiger partial charge in [0.05, 0.1) is 31.4 Å². The third-order valence-corrected chi connectivity index (χ3v) is 12.2. The number of nitrogen functional groups attached to an aromatic ring is 2. The minimum absolute atomic E-state index is 0.00541. The predicted molar refractivity (Wildman–Crippen MR) is 231 cm³/mol. The lowest BCUT2D eigenvalue weighted by atomic mass is 10.1. The van der Waals surface area contributed by atoms with Gasteiger partial charge in [0.25, 0.3) is 20.0 Å². The van der Waals surface area contributed by atoms with Crippen molar-refractivity contribution in [3.05, 3.63) is 85.5 Å². The maximum absolute atomic E-state index is 12.5. The first kappa shape index (κ1) is 57.1. The number of fused-ring (bicyclic) bond motifs is 2. The number of primary amides is 2. The summed E-state index contributed by atoms with van der Waals surface area (Å²) in [7, 11) is -21.2. The van der Waals surface area contributed by atoms with Crippen molar-refractivity contribution < 1.29 is 109 Å². The Hall–Kier alpha value is -5.78. The molecule has 2 saturated heterocycles. The van der Waals surface area contributed by atoms with Crippen LogP contribution in [-0.4, -0.2) is 151 Å². The van der Waals surface area contributed by atoms with Crippen molar-refractivity contribution in [3.8, 4) is 0 Å². The number of aromatic nitrogens is 10. The Morgan fingerprint density at radius 1 is 0.792 bits per heavy atom. The number of pyridine rings is 2. The number of hydrogen-bond donors (Lipinski definition) is 14. The Labute approximate surface area is 400 Å². The van der Waals surface area contributed by atoms with Gasteiger partial charge in [-0.1, -0.05) is 0 Å². The Bertz CT molecular complexity index is 3010. The smallest absolute Gasteiger partial charge is 0.478 e. The third kappa shape index (κ3) is 16.1. The highest BCUT2D eigenvalue weighted by atomic mass is 31.3. The van der Waals surface area contributed by atoms with Gasteiger partial charge in [-0.2, -0.15) is 4.57 Å². The molecule has 36 nitrogen and oxygen atoms in total. The first-order chi connectivity index (χ1) is 33.5. The number of phosphoric acid groups is 4. The van der Waals surface area contributed by atoms with E-state index in [-0.39, 0.29) is 22.5 Å². The number of aromatic amines is 1. The molecular formula is C32H42N14O22P4. The summed E-state index contributed by atoms with van der Waals surface area (Å²) in [6.07, 6.45) is -2.64. The molecule has 72 heavy (non-hydrogen) atoms. The molecule has 2 amide bonds. The summed E-state index contributed by atoms with van der Waals surface area (Å²) >= 11 is 0. The van der Waals surface area contributed by atoms with Crippen LogP contribution in [0.4, 0.5) is 11.6 Å². The number of aliphatic hydroxyl groups is 3. The molecule has 8 rings (SSSR count). The lowest BCUT2D eigenvalue weighted by molar-refractivity contribution is -0.765. The van der Waals surface area contributed by atoms with Crippen molar-refractivity contribution in [2.75, 3.05) is 24.7 Å². The molecule has 2 aliphatic heterocycles. The van der Waals surface area contributed by atoms with E-state index in [2.05, 4.69) is 57.8 Å². The summed E-state index contributed by atoms with van der Waals surface area (Å²) in [4.78, 5) is 114. The van der Waals surface area contributed by atoms with E-state index in [9.17, 15) is 58.2 Å². The van der Waals surface area contributed by atoms with E-state index in [1.807, 2.05) is 0 Å². The first-order valence-corrected chi connectivity index (χ1v) is 25.4. The van der Waals surface area contributed by atoms with Crippen molar-refractivity contribution >= 4 is 77.1 Å². The van der Waals surface area contributed by atoms with Gasteiger partial charge < -0.3 is 91.5 Å². The maximum atomic E-state index is 12.5. The average molecular weight is 1100 g/mol. The topological polar surface area (TPSA) is 582 Å². The molecule has 0 spiro atoms. The van der Waals surface area contributed by atoms with Crippen LogP contribution in [0.5, 0.6) is 0 Å². The lowest BCUT2D eigenvalue weighted by Gasteiger charge is -2.26. The normalized spacial score (nSPS) is 23.6. The standard InChI is InChI=1S/C21H28N7O17P3.C6H6N2O.C5H5N5.H3O4P/c22-17-12-19(25-7-24-17)28(8-26-12)21-16(44-46(33,34)35)14(30)11(43-21)6-41-48(38,39)45-47(36,37)40-5-10-13(29)15(31)20(42-10)27-3-1-2-9(4-27)18(23)32;7-6(9)5-2-1-3-8-4-5;6-4-3-5(9-1-7-3)10-2-8-4;1-5(2,3)4/h1-4,7-8,10-11,13-16,20-21,29-31H,5-6H2,(H7-,22,23,24,25,32,33,34,35,36,37,38,39);1-4H,(H2,7,9);1-2H,(H3,6,7,8,9,10);(H3,1,2,3,4)/t10-,11-,13-,14-,15-,16-,20-,21-;;;/m1.../s1. The summed E-state index contributed by atoms with van der Waals surface area (Å²) in [5.41, 5.74) is 23.2. The number of phosphoric ester groups is 3. The molecule has 2 fully saturated rings. The number of carbonyl (C=O) groups is 2. The first-order valence-electron chi connectivity index (χ1n) is 19.4. The fraction of sp³-hybridized carbons (Fsp3) is 0.312. The molecule has 6 aromatic rings. The molecule has 0 bridgehead atoms. The van der Waals surface area contributed by atoms with Gasteiger partial charge in [-0.25, -0.2) is 47.9 Å². The number of H-pyrrole nitrogens is 1. The lowest BCUT2D eigenvalue weighted by Crippen LogP contribution is -2.46. The zero-order valence-corrected chi connectivity index (χ0v) is 39.5. The Balaban J connectivity index is 0.000000323. The Kier molecular flexibility index (Phi) is 18.9. The SMILES string of the molecule is NC(=O)c1ccc[n+]([C@@H]2O[C@H](COP(=O)([O-])OP(=O)(O)OC[C@H]3O[C@@H](n4cnc5c(N)ncnc54)[C@H](OP(=O)(O)O)[C@@H]3O)[C@@H](O)[C@H]2O)c1.NC(=O)c1cccnc1.Nc1ncnc2[nH]cnc12.O=P(O)(O)O. The highest BCUT2D eigenvalue weighted by Crippen LogP contribution is 2.59. The Morgan fingerprint density at radius 2 is 1.40 bits per heavy atom. The van der Waals surface area contributed by atoms with E-state index in [1.54, 1.807) is 18.3 Å². The van der Waals surface area contributed by atoms with Crippen molar-refractivity contribution in [1.29, 1.82) is 0 Å². The van der Waals surface area contributed by atoms with Crippen LogP contribution in [0.25, 0.3) is 22.3 Å². The quantitative estimate of drug-likeness (QED) is 0.0362. The molecule has 8 heterocycles. The summed E-state index contributed by atoms with van der Waals surface area (Å²) in [5.74, 6) is -0.895. The molecule has 2 unspecified atom stereocenters. The maximum Gasteiger partial charge on any atom is 0.478 e. The molecule has 18 N–H and O–H groups in total. The highest BCUT2D eigenvalue weighted by molar-refractivity contribution is 7.60. The van der Waals surface area contributed by atoms with Gasteiger partial charge in [-0.05, 0) is 18.2 Å². The van der Waals surface area contributed by atoms with Gasteiger partial charge in [0, 0.05) is 18.5 Å². The van der Waals surface area contributed by atoms with Crippen LogP contribution in [0.1, 0.15) is 33.2 Å². The monoisotopic (exact) mass is 1100 g/mol. The summed E-state index contributed by atoms with van der Waals surface area (Å²) in [6.45, 7) is -2.12. The number of amides is 2. The molecular weight excluding hydrogens is 1060 g/mol. The molecule has 6 aromatic heterocycles. The molecule has 40 heteroatoms. The predicted octanol–water partition coefficient (Wildman–Crippen LogP) is -4.34. The van der Waals surface area contributed by atoms with Gasteiger partial charge in [0.1, 0.15) is 59.8 Å². The highest BCUT2D eigenvalue weighted by Gasteiger charge is 2.51. The Morgan fingerprint density at radius 3 is 2.00 bits per heavy atom. The minimum atomic E-state index is -5.72. The summed E-state index contributed by atoms with van der Waals surface area (Å²) in [5, 5.41) is 31.5. The number of rotatable bonds is 14. The fourth-order valence-electron chi connectivity index (χ4n) is 6.12. The van der Waals surface area contributed by atoms with Crippen LogP contribution in [0.2, 0.25) is 0 Å². The second kappa shape index (κ2) is 23.8. The number of nitrogens with zero attached hydrogens (tertiary/aromatic N) is 9. The van der Waals surface area contributed by atoms with Gasteiger partial charge in [-0.15, -0.1) is 0 Å². The minimum Gasteiger partial charge on any atom is -0.756 e. The van der Waals surface area contributed by atoms with Gasteiger partial charge in [-0.3, -0.25) is 32.8 Å². The van der Waals surface area contributed by atoms with Gasteiger partial charge in [0.15, 0.2) is 47.7 Å². The molecule has 2 aliphatic rings. The zero-order chi connectivity index (χ0) is 53.3. The van der Waals surface area contributed by atoms with Crippen molar-refractivity contribution in [2.45, 2.75) is 49.1 Å². The second-order valence-corrected chi connectivity index (χ2v) is 19.4. The van der Waals surface area contributed by atoms with E-state index in [0.29, 0.717) is 22.5 Å². The van der Waals surface area contributed by atoms with E-state index < -0.39 is 105 Å². The molecule has 0 saturated carbocycles. The number of carbonyl (C=O) groups excluding carboxylic acids is 2. The van der Waals surface area contributed by atoms with E-state index in [1.165, 1.54) is 47.9 Å². The van der Waals surface area contributed by atoms with Crippen LogP contribution in [-0.2, 0) is 45.6 Å². The zero-order valence-electron chi connectivity index (χ0n) is 35.9. The molecule has 0 aliphatic carbocycles. The summed E-state index contributed by atoms with van der Waals surface area (Å²) < 4.78 is 76.8. The molecule has 0 aromatic carbocycles. The molecule has 10 atom stereocenters. The van der Waals surface area contributed by atoms with Crippen molar-refractivity contribution in [2.24, 2.45) is 11.5 Å². The molecule has 392 valence electrons. The number of ether oxygens (including phenoxy) is 2. The van der Waals surface area contributed by atoms with Crippen molar-refractivity contribution in [3.63, 3.8) is 0 Å². The van der Waals surface area contributed by atoms with Crippen LogP contribution in [0, 0.1) is 0 Å². The van der Waals surface area contributed by atoms with Gasteiger partial charge >= 0.3 is 23.5 Å². The average Bonchev–Trinajstić information content (AvgIpc) is 4.08. The number of nitrogens with one attached hydrogen (secondary N) is 1. The summed E-state index contributed by atoms with van der Waals surface area (Å²) in [6, 6.07) is 6.06. The number of anilines is 2. The number of nitrogens with two attached hydrogens (primary N) is 4. The number of imidazole rings is 2. The van der Waals surface area contributed by atoms with Crippen LogP contribution >= 0.6 is 31.3 Å². The van der Waals surface area contributed by atoms with E-state index >= 15 is 0 Å². The van der Waals surface area contributed by atoms with E-state index in [0.717, 1.165) is 17.2 Å². The largest absolute Gasteiger partial charge is 0.756 e. The van der Waals surface area contributed by atoms with Gasteiger partial charge in [0.2, 0.25) is 5.91 Å². The van der Waals surface area contributed by atoms with Crippen LogP contribution in [0.3, 0.4) is 0 Å². The van der Waals surface area contributed by atoms with Crippen molar-refractivity contribution in [1.82, 2.24) is 44.4 Å². The molecule has 0 radical (unpaired) electrons. The number of aliphatic hydroxyl groups excluding tert-OH is 3.